The predicted molar refractivity (Wildman–Crippen MR) is 461 cm³/mol. The van der Waals surface area contributed by atoms with Gasteiger partial charge in [0.25, 0.3) is 25.0 Å². The number of phenolic OH excluding ortho intramolecular Hbond substituents is 1. The maximum atomic E-state index is 12.4. The number of ether oxygens (including phenoxy) is 1. The fraction of sp³-hybridized carbons (Fsp3) is 0.589. The topological polar surface area (TPSA) is 108 Å². The first-order valence-corrected chi connectivity index (χ1v) is 50.3. The molecule has 0 amide bonds. The van der Waals surface area contributed by atoms with Crippen molar-refractivity contribution in [2.75, 3.05) is 13.2 Å². The molecule has 1 heterocycles. The van der Waals surface area contributed by atoms with Gasteiger partial charge in [0.15, 0.2) is 24.7 Å². The number of aromatic hydroxyl groups is 1. The zero-order valence-electron chi connectivity index (χ0n) is 70.0. The number of ketones is 3. The Kier molecular flexibility index (Phi) is 44.1. The van der Waals surface area contributed by atoms with Gasteiger partial charge in [-0.2, -0.15) is 11.1 Å². The van der Waals surface area contributed by atoms with E-state index in [1.54, 1.807) is 18.2 Å². The largest absolute Gasteiger partial charge is 0.543 e. The van der Waals surface area contributed by atoms with Crippen LogP contribution in [0.5, 0.6) is 23.0 Å². The van der Waals surface area contributed by atoms with Gasteiger partial charge in [0.05, 0.1) is 0 Å². The summed E-state index contributed by atoms with van der Waals surface area (Å²) in [5.41, 5.74) is 14.6. The molecule has 580 valence electrons. The smallest absolute Gasteiger partial charge is 0.256 e. The number of hydrogen-bond donors (Lipinski definition) is 1. The molecule has 8 nitrogen and oxygen atoms in total. The molecule has 1 atom stereocenters. The molecule has 4 aliphatic carbocycles. The molecule has 1 fully saturated rings. The van der Waals surface area contributed by atoms with Crippen molar-refractivity contribution < 1.29 is 68.6 Å². The first kappa shape index (κ1) is 95.2. The zero-order chi connectivity index (χ0) is 78.7. The van der Waals surface area contributed by atoms with E-state index in [1.807, 2.05) is 55.5 Å². The number of unbranched alkanes of at least 4 members (excludes halogenated alkanes) is 8. The Hall–Kier alpha value is -3.98. The van der Waals surface area contributed by atoms with Crippen molar-refractivity contribution in [3.05, 3.63) is 173 Å². The maximum absolute atomic E-state index is 12.4. The molecule has 9 rings (SSSR count). The summed E-state index contributed by atoms with van der Waals surface area (Å²) in [4.78, 5) is 35.5. The molecule has 0 bridgehead atoms. The van der Waals surface area contributed by atoms with Crippen LogP contribution >= 0.6 is 11.1 Å². The Morgan fingerprint density at radius 1 is 0.495 bits per heavy atom. The third-order valence-electron chi connectivity index (χ3n) is 22.9. The molecule has 4 aromatic rings. The second kappa shape index (κ2) is 48.6. The molecule has 1 saturated heterocycles. The number of carbonyl (C=O) groups excluding carboxylic acids is 3. The number of phenols is 1. The molecule has 15 heteroatoms. The van der Waals surface area contributed by atoms with Gasteiger partial charge >= 0.3 is 0 Å². The van der Waals surface area contributed by atoms with Crippen molar-refractivity contribution in [3.63, 3.8) is 0 Å². The second-order valence-corrected chi connectivity index (χ2v) is 54.0. The van der Waals surface area contributed by atoms with Crippen LogP contribution in [0.3, 0.4) is 0 Å². The second-order valence-electron chi connectivity index (χ2n) is 32.5. The van der Waals surface area contributed by atoms with E-state index in [1.165, 1.54) is 105 Å². The van der Waals surface area contributed by atoms with Crippen LogP contribution in [-0.4, -0.2) is 77.7 Å². The minimum Gasteiger partial charge on any atom is -0.543 e. The number of benzene rings is 4. The summed E-state index contributed by atoms with van der Waals surface area (Å²) in [5, 5.41) is 9.30. The number of allylic oxidation sites excluding steroid dienone is 5. The van der Waals surface area contributed by atoms with Gasteiger partial charge in [0.1, 0.15) is 23.0 Å². The van der Waals surface area contributed by atoms with E-state index in [9.17, 15) is 19.5 Å². The summed E-state index contributed by atoms with van der Waals surface area (Å²) in [5.74, 6) is 4.14. The van der Waals surface area contributed by atoms with Crippen LogP contribution in [0.4, 0.5) is 0 Å². The van der Waals surface area contributed by atoms with Crippen molar-refractivity contribution in [2.45, 2.75) is 322 Å². The molecular formula is C90H142BClO8Si4U. The molecule has 0 saturated carbocycles. The molecule has 1 unspecified atom stereocenters. The molecule has 105 heavy (non-hydrogen) atoms. The molecule has 0 spiro atoms. The summed E-state index contributed by atoms with van der Waals surface area (Å²) in [7, 11) is -3.55. The average molecular weight is 1750 g/mol. The van der Waals surface area contributed by atoms with Crippen molar-refractivity contribution in [1.29, 1.82) is 1.34 Å². The number of fused-ring (bicyclic) bond motifs is 4. The van der Waals surface area contributed by atoms with Gasteiger partial charge in [-0.1, -0.05) is 234 Å². The molecular weight excluding hydrogens is 1610 g/mol. The van der Waals surface area contributed by atoms with E-state index in [0.717, 1.165) is 103 Å². The van der Waals surface area contributed by atoms with Crippen molar-refractivity contribution >= 4 is 75.2 Å². The van der Waals surface area contributed by atoms with Gasteiger partial charge in [-0.05, 0) is 190 Å². The van der Waals surface area contributed by atoms with Crippen LogP contribution in [0.2, 0.25) is 68.5 Å². The normalized spacial score (nSPS) is 15.0. The summed E-state index contributed by atoms with van der Waals surface area (Å²) in [6.07, 6.45) is 31.7. The number of carbonyl (C=O) groups is 3. The standard InChI is InChI=1S/C22H34O2Si.C22H34OSi.C21H32O2Si.C12H25ClSi.C9H8O2.C4H8O.BH.U/c1-7-8-9-10-14-25(16(2)3,17(4)5)24-21-13-11-12-19-20(21)15-18(6)22(19)23;1-7-8-9-10-14-24(17(2)3,18(4)5)23-22-13-11-12-20-15-19(6)16-21(20)22;1-6-7-8-9-15-24(16(2)3,17(4)5)23-21-12-10-11-18-19(21)13-14-20(18)22;1-6-7-8-9-10-14(13,11(2)3)12(4)5;10-8-3-1-2-6-7(8)4-5-9(6)11;1-2-4-5-3-1;;/h7,11-13,16-18H,1,8-10,14-15H2,2-6H3;7,11-13,15,17-18H,1,8-10,14,16H2,2-6H3;6,10-12,16-17H,1,7-9,13-15H2,2-5H3;6,11-12H,1,7-10H2,2-5H3;1-3,10H,4-5H2;1-4H2;1H;/i;;;;;;1D;. The minimum atomic E-state index is -1.97. The molecule has 1 N–H and O–H groups in total. The van der Waals surface area contributed by atoms with E-state index in [4.69, 9.17) is 30.4 Å². The Bertz CT molecular complexity index is 3320. The summed E-state index contributed by atoms with van der Waals surface area (Å²) < 4.78 is 30.9. The van der Waals surface area contributed by atoms with E-state index in [-0.39, 0.29) is 60.1 Å². The molecule has 1 aliphatic heterocycles. The fourth-order valence-corrected chi connectivity index (χ4v) is 33.2. The fourth-order valence-electron chi connectivity index (χ4n) is 16.1. The van der Waals surface area contributed by atoms with E-state index in [2.05, 4.69) is 189 Å². The van der Waals surface area contributed by atoms with Gasteiger partial charge in [0.2, 0.25) is 0 Å². The van der Waals surface area contributed by atoms with Crippen molar-refractivity contribution in [1.82, 2.24) is 0 Å². The Morgan fingerprint density at radius 2 is 0.848 bits per heavy atom. The molecule has 2 radical (unpaired) electrons. The van der Waals surface area contributed by atoms with Crippen LogP contribution in [-0.2, 0) is 30.4 Å². The number of Topliss-reactive ketones (excluding diaryl/α,β-unsaturated/α-hetero) is 3. The Morgan fingerprint density at radius 3 is 1.22 bits per heavy atom. The first-order valence-electron chi connectivity index (χ1n) is 40.7. The van der Waals surface area contributed by atoms with Crippen LogP contribution in [0.1, 0.15) is 286 Å². The molecule has 5 aliphatic rings. The summed E-state index contributed by atoms with van der Waals surface area (Å²) in [6, 6.07) is 28.6. The van der Waals surface area contributed by atoms with Gasteiger partial charge in [-0.3, -0.25) is 14.4 Å². The molecule has 4 aromatic carbocycles. The molecule has 0 aromatic heterocycles. The number of rotatable bonds is 34. The predicted octanol–water partition coefficient (Wildman–Crippen LogP) is 27.0. The zero-order valence-corrected chi connectivity index (χ0v) is 77.9. The number of halogens is 1. The van der Waals surface area contributed by atoms with Crippen molar-refractivity contribution in [3.8, 4) is 23.0 Å². The van der Waals surface area contributed by atoms with Gasteiger partial charge in [-0.15, -0.1) is 26.3 Å². The van der Waals surface area contributed by atoms with E-state index in [0.29, 0.717) is 69.2 Å². The van der Waals surface area contributed by atoms with E-state index >= 15 is 0 Å². The van der Waals surface area contributed by atoms with Gasteiger partial charge in [-0.25, -0.2) is 0 Å². The Labute approximate surface area is 676 Å². The third-order valence-corrected chi connectivity index (χ3v) is 48.0. The minimum absolute atomic E-state index is 0. The summed E-state index contributed by atoms with van der Waals surface area (Å²) in [6.45, 7) is 58.6. The van der Waals surface area contributed by atoms with Crippen LogP contribution in [0.25, 0.3) is 6.08 Å². The van der Waals surface area contributed by atoms with Crippen LogP contribution < -0.4 is 13.3 Å². The summed E-state index contributed by atoms with van der Waals surface area (Å²) >= 11 is 6.80. The number of hydrogen-bond acceptors (Lipinski definition) is 8. The monoisotopic (exact) mass is 1750 g/mol. The van der Waals surface area contributed by atoms with Gasteiger partial charge < -0.3 is 23.1 Å². The Balaban J connectivity index is 0.000000449. The van der Waals surface area contributed by atoms with Crippen LogP contribution in [0, 0.1) is 37.0 Å². The van der Waals surface area contributed by atoms with Gasteiger partial charge in [0, 0.05) is 110 Å². The van der Waals surface area contributed by atoms with Crippen LogP contribution in [0.15, 0.2) is 129 Å². The maximum Gasteiger partial charge on any atom is 0.256 e. The quantitative estimate of drug-likeness (QED) is 0.0213. The SMILES string of the molecule is C1CCOC1.C=CCCCC[Si](Cl)(C(C)C)C(C)C.C=CCCCC[Si](Oc1cccc2c1CC(C)=C2)(C(C)C)C(C)C.C=CCCCC[Si](Oc1cccc2c1CC(C)C2=O)(C(C)C)C(C)C.C=CCCCC[Si](Oc1cccc2c1CCC2=O)(C(C)C)C(C)C.O=C1CCc2c(O)cccc21.[2H][B].[U]. The average Bonchev–Trinajstić information content (AvgIpc) is 1.61. The first-order chi connectivity index (χ1) is 49.9. The third kappa shape index (κ3) is 27.8. The van der Waals surface area contributed by atoms with E-state index < -0.39 is 32.3 Å². The van der Waals surface area contributed by atoms with Crippen molar-refractivity contribution in [2.24, 2.45) is 5.92 Å².